The van der Waals surface area contributed by atoms with Crippen LogP contribution in [0.3, 0.4) is 0 Å². The highest BCUT2D eigenvalue weighted by atomic mass is 35.5. The lowest BCUT2D eigenvalue weighted by Gasteiger charge is -2.24. The van der Waals surface area contributed by atoms with E-state index in [1.165, 1.54) is 0 Å². The van der Waals surface area contributed by atoms with Crippen molar-refractivity contribution in [2.45, 2.75) is 25.4 Å². The summed E-state index contributed by atoms with van der Waals surface area (Å²) in [6.07, 6.45) is 5.95. The molecule has 6 heteroatoms. The van der Waals surface area contributed by atoms with Crippen molar-refractivity contribution in [3.05, 3.63) is 53.3 Å². The molecule has 1 aliphatic carbocycles. The maximum Gasteiger partial charge on any atom is 0.317 e. The van der Waals surface area contributed by atoms with Gasteiger partial charge in [-0.05, 0) is 42.5 Å². The number of aromatic nitrogens is 2. The third kappa shape index (κ3) is 4.26. The summed E-state index contributed by atoms with van der Waals surface area (Å²) >= 11 is 5.95. The first kappa shape index (κ1) is 15.9. The number of nitrogens with zero attached hydrogens (tertiary/aromatic N) is 3. The number of carbonyl (C=O) groups is 1. The summed E-state index contributed by atoms with van der Waals surface area (Å²) in [7, 11) is 1.81. The Bertz CT molecular complexity index is 637. The van der Waals surface area contributed by atoms with E-state index in [4.69, 9.17) is 11.6 Å². The van der Waals surface area contributed by atoms with Gasteiger partial charge in [-0.25, -0.2) is 4.79 Å². The molecule has 2 aromatic rings. The molecule has 1 saturated carbocycles. The quantitative estimate of drug-likeness (QED) is 0.882. The zero-order valence-corrected chi connectivity index (χ0v) is 13.9. The van der Waals surface area contributed by atoms with Crippen LogP contribution in [-0.4, -0.2) is 34.3 Å². The largest absolute Gasteiger partial charge is 0.331 e. The van der Waals surface area contributed by atoms with Crippen LogP contribution in [0.4, 0.5) is 4.79 Å². The van der Waals surface area contributed by atoms with Crippen LogP contribution in [0.25, 0.3) is 0 Å². The van der Waals surface area contributed by atoms with E-state index in [1.807, 2.05) is 48.3 Å². The van der Waals surface area contributed by atoms with Crippen LogP contribution in [0.2, 0.25) is 5.02 Å². The molecule has 122 valence electrons. The molecule has 0 aliphatic heterocycles. The molecule has 1 unspecified atom stereocenters. The molecule has 0 radical (unpaired) electrons. The Morgan fingerprint density at radius 2 is 2.17 bits per heavy atom. The summed E-state index contributed by atoms with van der Waals surface area (Å²) in [5.41, 5.74) is 1.12. The van der Waals surface area contributed by atoms with Crippen LogP contribution < -0.4 is 5.32 Å². The van der Waals surface area contributed by atoms with Crippen LogP contribution in [0.1, 0.15) is 24.4 Å². The molecular weight excluding hydrogens is 312 g/mol. The topological polar surface area (TPSA) is 50.2 Å². The summed E-state index contributed by atoms with van der Waals surface area (Å²) in [4.78, 5) is 14.1. The standard InChI is InChI=1S/C17H21ClN4O/c1-21(11-12-22-10-2-9-19-22)17(23)20-16(13-3-4-13)14-5-7-15(18)8-6-14/h2,5-10,13,16H,3-4,11-12H2,1H3,(H,20,23). The molecule has 3 rings (SSSR count). The van der Waals surface area contributed by atoms with Crippen molar-refractivity contribution < 1.29 is 4.79 Å². The highest BCUT2D eigenvalue weighted by Crippen LogP contribution is 2.41. The van der Waals surface area contributed by atoms with Crippen LogP contribution in [0.5, 0.6) is 0 Å². The first-order valence-electron chi connectivity index (χ1n) is 7.88. The van der Waals surface area contributed by atoms with E-state index < -0.39 is 0 Å². The monoisotopic (exact) mass is 332 g/mol. The Hall–Kier alpha value is -2.01. The molecule has 1 aromatic carbocycles. The van der Waals surface area contributed by atoms with Crippen LogP contribution in [-0.2, 0) is 6.54 Å². The van der Waals surface area contributed by atoms with Crippen molar-refractivity contribution in [1.29, 1.82) is 0 Å². The fourth-order valence-electron chi connectivity index (χ4n) is 2.60. The highest BCUT2D eigenvalue weighted by molar-refractivity contribution is 6.30. The second-order valence-corrected chi connectivity index (χ2v) is 6.44. The molecule has 0 spiro atoms. The molecule has 1 heterocycles. The number of hydrogen-bond donors (Lipinski definition) is 1. The number of carbonyl (C=O) groups excluding carboxylic acids is 1. The summed E-state index contributed by atoms with van der Waals surface area (Å²) in [5.74, 6) is 0.527. The normalized spacial score (nSPS) is 15.2. The number of nitrogens with one attached hydrogen (secondary N) is 1. The smallest absolute Gasteiger partial charge is 0.317 e. The van der Waals surface area contributed by atoms with Crippen molar-refractivity contribution in [3.8, 4) is 0 Å². The lowest BCUT2D eigenvalue weighted by Crippen LogP contribution is -2.41. The van der Waals surface area contributed by atoms with Crippen LogP contribution >= 0.6 is 11.6 Å². The third-order valence-electron chi connectivity index (χ3n) is 4.17. The van der Waals surface area contributed by atoms with Gasteiger partial charge in [-0.1, -0.05) is 23.7 Å². The van der Waals surface area contributed by atoms with Crippen molar-refractivity contribution >= 4 is 17.6 Å². The van der Waals surface area contributed by atoms with Gasteiger partial charge < -0.3 is 10.2 Å². The molecule has 1 aliphatic rings. The zero-order chi connectivity index (χ0) is 16.2. The van der Waals surface area contributed by atoms with Crippen molar-refractivity contribution in [1.82, 2.24) is 20.0 Å². The van der Waals surface area contributed by atoms with Gasteiger partial charge in [0, 0.05) is 31.0 Å². The average Bonchev–Trinajstić information content (AvgIpc) is 3.26. The molecule has 1 aromatic heterocycles. The van der Waals surface area contributed by atoms with Crippen molar-refractivity contribution in [2.75, 3.05) is 13.6 Å². The molecule has 5 nitrogen and oxygen atoms in total. The SMILES string of the molecule is CN(CCn1cccn1)C(=O)NC(c1ccc(Cl)cc1)C1CC1. The van der Waals surface area contributed by atoms with Crippen molar-refractivity contribution in [3.63, 3.8) is 0 Å². The van der Waals surface area contributed by atoms with Gasteiger partial charge in [-0.3, -0.25) is 4.68 Å². The Balaban J connectivity index is 1.58. The van der Waals surface area contributed by atoms with E-state index in [2.05, 4.69) is 10.4 Å². The van der Waals surface area contributed by atoms with E-state index in [0.717, 1.165) is 18.4 Å². The average molecular weight is 333 g/mol. The molecule has 23 heavy (non-hydrogen) atoms. The maximum atomic E-state index is 12.4. The molecule has 0 saturated heterocycles. The van der Waals surface area contributed by atoms with Crippen LogP contribution in [0, 0.1) is 5.92 Å². The van der Waals surface area contributed by atoms with Gasteiger partial charge in [0.25, 0.3) is 0 Å². The number of halogens is 1. The van der Waals surface area contributed by atoms with Gasteiger partial charge in [0.05, 0.1) is 12.6 Å². The minimum Gasteiger partial charge on any atom is -0.331 e. The number of urea groups is 1. The van der Waals surface area contributed by atoms with Crippen LogP contribution in [0.15, 0.2) is 42.7 Å². The number of rotatable bonds is 6. The first-order chi connectivity index (χ1) is 11.1. The van der Waals surface area contributed by atoms with E-state index in [9.17, 15) is 4.79 Å². The second-order valence-electron chi connectivity index (χ2n) is 6.01. The fourth-order valence-corrected chi connectivity index (χ4v) is 2.73. The van der Waals surface area contributed by atoms with Gasteiger partial charge in [0.2, 0.25) is 0 Å². The molecule has 1 N–H and O–H groups in total. The van der Waals surface area contributed by atoms with Gasteiger partial charge in [-0.2, -0.15) is 5.10 Å². The Morgan fingerprint density at radius 1 is 1.43 bits per heavy atom. The zero-order valence-electron chi connectivity index (χ0n) is 13.2. The fraction of sp³-hybridized carbons (Fsp3) is 0.412. The maximum absolute atomic E-state index is 12.4. The summed E-state index contributed by atoms with van der Waals surface area (Å²) < 4.78 is 1.82. The predicted octanol–water partition coefficient (Wildman–Crippen LogP) is 3.33. The Morgan fingerprint density at radius 3 is 2.78 bits per heavy atom. The summed E-state index contributed by atoms with van der Waals surface area (Å²) in [5, 5.41) is 8.02. The van der Waals surface area contributed by atoms with E-state index >= 15 is 0 Å². The molecule has 0 bridgehead atoms. The van der Waals surface area contributed by atoms with E-state index in [0.29, 0.717) is 24.0 Å². The second kappa shape index (κ2) is 7.04. The molecule has 1 atom stereocenters. The summed E-state index contributed by atoms with van der Waals surface area (Å²) in [6, 6.07) is 9.63. The van der Waals surface area contributed by atoms with E-state index in [1.54, 1.807) is 11.1 Å². The molecule has 2 amide bonds. The number of hydrogen-bond acceptors (Lipinski definition) is 2. The highest BCUT2D eigenvalue weighted by Gasteiger charge is 2.33. The summed E-state index contributed by atoms with van der Waals surface area (Å²) in [6.45, 7) is 1.30. The number of amides is 2. The minimum atomic E-state index is -0.0518. The van der Waals surface area contributed by atoms with Crippen molar-refractivity contribution in [2.24, 2.45) is 5.92 Å². The van der Waals surface area contributed by atoms with Gasteiger partial charge in [0.1, 0.15) is 0 Å². The minimum absolute atomic E-state index is 0.0518. The first-order valence-corrected chi connectivity index (χ1v) is 8.26. The van der Waals surface area contributed by atoms with Gasteiger partial charge >= 0.3 is 6.03 Å². The number of likely N-dealkylation sites (N-methyl/N-ethyl adjacent to an activating group) is 1. The molecule has 1 fully saturated rings. The van der Waals surface area contributed by atoms with Gasteiger partial charge in [-0.15, -0.1) is 0 Å². The number of benzene rings is 1. The van der Waals surface area contributed by atoms with Gasteiger partial charge in [0.15, 0.2) is 0 Å². The Kier molecular flexibility index (Phi) is 4.86. The van der Waals surface area contributed by atoms with E-state index in [-0.39, 0.29) is 12.1 Å². The Labute approximate surface area is 141 Å². The molecular formula is C17H21ClN4O. The lowest BCUT2D eigenvalue weighted by molar-refractivity contribution is 0.200. The lowest BCUT2D eigenvalue weighted by atomic mass is 10.0. The third-order valence-corrected chi connectivity index (χ3v) is 4.42. The predicted molar refractivity (Wildman–Crippen MR) is 90.3 cm³/mol.